The van der Waals surface area contributed by atoms with E-state index in [0.717, 1.165) is 122 Å². The van der Waals surface area contributed by atoms with E-state index >= 15 is 0 Å². The van der Waals surface area contributed by atoms with Crippen molar-refractivity contribution in [1.82, 2.24) is 19.9 Å². The Morgan fingerprint density at radius 1 is 0.301 bits per heavy atom. The minimum atomic E-state index is 0. The van der Waals surface area contributed by atoms with E-state index in [1.165, 1.54) is 109 Å². The summed E-state index contributed by atoms with van der Waals surface area (Å²) in [6, 6.07) is 54.8. The SMILES string of the molecule is CCCCc1c2nc(c(CCCC)c3[n-]c(c(CCCC)c4nc(c(CCCC)c5[n-]c1c1cc6ccccc6cc51)-c1cc5ccccc5cc1-4)c1cc4ccccc4cc31)-c1cc3ccccc3cc1-2.[Pd+2]. The summed E-state index contributed by atoms with van der Waals surface area (Å²) in [5.74, 6) is 0. The minimum absolute atomic E-state index is 0. The molecule has 0 aliphatic carbocycles. The van der Waals surface area contributed by atoms with Crippen molar-refractivity contribution in [3.05, 3.63) is 168 Å². The van der Waals surface area contributed by atoms with Crippen LogP contribution < -0.4 is 9.97 Å². The zero-order valence-electron chi connectivity index (χ0n) is 42.4. The number of rotatable bonds is 12. The van der Waals surface area contributed by atoms with Crippen molar-refractivity contribution in [1.29, 1.82) is 0 Å². The number of hydrogen-bond donors (Lipinski definition) is 0. The largest absolute Gasteiger partial charge is 2.00 e. The van der Waals surface area contributed by atoms with Crippen LogP contribution in [0.4, 0.5) is 0 Å². The normalized spacial score (nSPS) is 12.1. The Morgan fingerprint density at radius 3 is 0.712 bits per heavy atom. The van der Waals surface area contributed by atoms with E-state index in [1.807, 2.05) is 0 Å². The van der Waals surface area contributed by atoms with Gasteiger partial charge in [-0.15, -0.1) is 22.1 Å². The molecule has 0 saturated carbocycles. The van der Waals surface area contributed by atoms with Gasteiger partial charge in [-0.3, -0.25) is 0 Å². The van der Waals surface area contributed by atoms with Crippen LogP contribution in [0.3, 0.4) is 0 Å². The Labute approximate surface area is 442 Å². The Bertz CT molecular complexity index is 3650. The van der Waals surface area contributed by atoms with E-state index < -0.39 is 0 Å². The van der Waals surface area contributed by atoms with Crippen molar-refractivity contribution in [3.8, 4) is 45.0 Å². The Kier molecular flexibility index (Phi) is 12.6. The average Bonchev–Trinajstić information content (AvgIpc) is 4.18. The summed E-state index contributed by atoms with van der Waals surface area (Å²) in [6.45, 7) is 9.23. The topological polar surface area (TPSA) is 54.0 Å². The Hall–Kier alpha value is -6.90. The fourth-order valence-corrected chi connectivity index (χ4v) is 12.1. The molecule has 0 radical (unpaired) electrons. The molecule has 0 unspecified atom stereocenters. The third kappa shape index (κ3) is 7.90. The van der Waals surface area contributed by atoms with Crippen molar-refractivity contribution >= 4 is 86.7 Å². The number of benzene rings is 8. The number of aromatic nitrogens is 4. The molecule has 362 valence electrons. The first kappa shape index (κ1) is 47.1. The van der Waals surface area contributed by atoms with E-state index in [2.05, 4.69) is 173 Å². The predicted octanol–water partition coefficient (Wildman–Crippen LogP) is 18.5. The van der Waals surface area contributed by atoms with Crippen molar-refractivity contribution in [2.24, 2.45) is 0 Å². The van der Waals surface area contributed by atoms with Crippen LogP contribution in [0, 0.1) is 0 Å². The number of nitrogens with zero attached hydrogens (tertiary/aromatic N) is 4. The van der Waals surface area contributed by atoms with Crippen molar-refractivity contribution in [3.63, 3.8) is 0 Å². The summed E-state index contributed by atoms with van der Waals surface area (Å²) in [6.07, 6.45) is 11.8. The van der Waals surface area contributed by atoms with E-state index in [4.69, 9.17) is 19.9 Å². The van der Waals surface area contributed by atoms with Crippen LogP contribution in [0.2, 0.25) is 0 Å². The van der Waals surface area contributed by atoms with Gasteiger partial charge in [0, 0.05) is 22.3 Å². The van der Waals surface area contributed by atoms with Gasteiger partial charge in [0.2, 0.25) is 0 Å². The average molecular weight is 1040 g/mol. The molecule has 0 fully saturated rings. The van der Waals surface area contributed by atoms with Gasteiger partial charge in [-0.2, -0.15) is 0 Å². The molecular weight excluding hydrogens is 979 g/mol. The summed E-state index contributed by atoms with van der Waals surface area (Å²) >= 11 is 0. The van der Waals surface area contributed by atoms with Gasteiger partial charge in [0.25, 0.3) is 0 Å². The fourth-order valence-electron chi connectivity index (χ4n) is 12.1. The third-order valence-corrected chi connectivity index (χ3v) is 15.9. The standard InChI is InChI=1S/C68H60N4.Pd/c1-5-9-29-49-61-53-33-41-21-13-15-23-43(41)35-55(53)63(69-61)50(30-10-6-2)65-57-37-45-25-17-19-27-47(45)39-59(57)67(71-65)52(32-12-8-4)68-60-40-48-28-20-18-26-46(48)38-58(60)66(72-68)51(31-11-7-3)64-56-36-44-24-16-14-22-42(44)34-54(56)62(49)70-64;/h13-28,33-40H,5-12,29-32H2,1-4H3;/q-2;+2. The number of unbranched alkanes of at least 4 members (excludes halogenated alkanes) is 4. The van der Waals surface area contributed by atoms with Gasteiger partial charge in [0.1, 0.15) is 0 Å². The molecule has 8 bridgehead atoms. The molecular formula is C68H60N4Pd. The van der Waals surface area contributed by atoms with E-state index in [1.54, 1.807) is 0 Å². The molecule has 0 saturated heterocycles. The quantitative estimate of drug-likeness (QED) is 0.114. The zero-order valence-corrected chi connectivity index (χ0v) is 44.0. The summed E-state index contributed by atoms with van der Waals surface area (Å²) in [5, 5.41) is 14.6. The predicted molar refractivity (Wildman–Crippen MR) is 307 cm³/mol. The molecule has 0 spiro atoms. The van der Waals surface area contributed by atoms with Crippen LogP contribution in [-0.4, -0.2) is 9.97 Å². The Balaban J connectivity index is 0.00000543. The van der Waals surface area contributed by atoms with E-state index in [-0.39, 0.29) is 20.4 Å². The van der Waals surface area contributed by atoms with Crippen LogP contribution in [-0.2, 0) is 46.1 Å². The molecule has 73 heavy (non-hydrogen) atoms. The van der Waals surface area contributed by atoms with Crippen LogP contribution in [0.15, 0.2) is 146 Å². The molecule has 0 N–H and O–H groups in total. The summed E-state index contributed by atoms with van der Waals surface area (Å²) in [7, 11) is 0. The van der Waals surface area contributed by atoms with Gasteiger partial charge < -0.3 is 9.97 Å². The maximum atomic E-state index is 6.06. The van der Waals surface area contributed by atoms with Crippen molar-refractivity contribution in [2.75, 3.05) is 0 Å². The number of fused-ring (bicyclic) bond motifs is 24. The second-order valence-electron chi connectivity index (χ2n) is 20.5. The second-order valence-corrected chi connectivity index (χ2v) is 20.5. The monoisotopic (exact) mass is 1040 g/mol. The molecule has 5 heteroatoms. The van der Waals surface area contributed by atoms with Gasteiger partial charge in [-0.25, -0.2) is 9.97 Å². The van der Waals surface area contributed by atoms with Gasteiger partial charge in [-0.1, -0.05) is 150 Å². The van der Waals surface area contributed by atoms with Crippen LogP contribution >= 0.6 is 0 Å². The second kappa shape index (κ2) is 19.5. The van der Waals surface area contributed by atoms with E-state index in [9.17, 15) is 0 Å². The van der Waals surface area contributed by atoms with Crippen LogP contribution in [0.25, 0.3) is 132 Å². The molecule has 8 aromatic carbocycles. The maximum Gasteiger partial charge on any atom is 2.00 e. The molecule has 4 nitrogen and oxygen atoms in total. The molecule has 0 amide bonds. The summed E-state index contributed by atoms with van der Waals surface area (Å²) in [5.41, 5.74) is 18.1. The smallest absolute Gasteiger partial charge is 0.656 e. The van der Waals surface area contributed by atoms with Crippen LogP contribution in [0.5, 0.6) is 0 Å². The number of aryl methyl sites for hydroxylation is 4. The van der Waals surface area contributed by atoms with Crippen molar-refractivity contribution < 1.29 is 20.4 Å². The van der Waals surface area contributed by atoms with Crippen molar-refractivity contribution in [2.45, 2.75) is 105 Å². The molecule has 11 aromatic rings. The maximum absolute atomic E-state index is 6.06. The molecule has 2 aliphatic rings. The summed E-state index contributed by atoms with van der Waals surface area (Å²) in [4.78, 5) is 24.2. The van der Waals surface area contributed by atoms with Gasteiger partial charge in [-0.05, 0) is 187 Å². The zero-order chi connectivity index (χ0) is 48.5. The molecule has 0 atom stereocenters. The molecule has 13 rings (SSSR count). The van der Waals surface area contributed by atoms with E-state index in [0.29, 0.717) is 0 Å². The third-order valence-electron chi connectivity index (χ3n) is 15.9. The number of hydrogen-bond acceptors (Lipinski definition) is 2. The first-order valence-corrected chi connectivity index (χ1v) is 27.0. The van der Waals surface area contributed by atoms with Crippen LogP contribution in [0.1, 0.15) is 101 Å². The Morgan fingerprint density at radius 2 is 0.507 bits per heavy atom. The molecule has 2 aliphatic heterocycles. The van der Waals surface area contributed by atoms with Gasteiger partial charge in [0.15, 0.2) is 0 Å². The molecule has 5 heterocycles. The fraction of sp³-hybridized carbons (Fsp3) is 0.235. The summed E-state index contributed by atoms with van der Waals surface area (Å²) < 4.78 is 0. The van der Waals surface area contributed by atoms with Gasteiger partial charge in [0.05, 0.1) is 22.8 Å². The van der Waals surface area contributed by atoms with Gasteiger partial charge >= 0.3 is 20.4 Å². The molecule has 3 aromatic heterocycles. The first-order chi connectivity index (χ1) is 35.5. The first-order valence-electron chi connectivity index (χ1n) is 27.0. The minimum Gasteiger partial charge on any atom is -0.656 e.